The van der Waals surface area contributed by atoms with Gasteiger partial charge in [-0.05, 0) is 12.8 Å². The van der Waals surface area contributed by atoms with Crippen LogP contribution in [0.25, 0.3) is 0 Å². The highest BCUT2D eigenvalue weighted by Crippen LogP contribution is 2.30. The maximum atomic E-state index is 12.6. The minimum absolute atomic E-state index is 0.103. The van der Waals surface area contributed by atoms with E-state index in [4.69, 9.17) is 0 Å². The largest absolute Gasteiger partial charge is 0.432 e. The lowest BCUT2D eigenvalue weighted by Crippen LogP contribution is -2.44. The minimum Gasteiger partial charge on any atom is -0.347 e. The van der Waals surface area contributed by atoms with Crippen molar-refractivity contribution in [2.75, 3.05) is 19.6 Å². The molecule has 1 aliphatic rings. The first kappa shape index (κ1) is 16.3. The molecule has 1 aromatic rings. The molecule has 6 nitrogen and oxygen atoms in total. The Bertz CT molecular complexity index is 556. The van der Waals surface area contributed by atoms with Crippen LogP contribution < -0.4 is 5.32 Å². The van der Waals surface area contributed by atoms with Crippen molar-refractivity contribution in [1.82, 2.24) is 20.2 Å². The summed E-state index contributed by atoms with van der Waals surface area (Å²) in [7, 11) is 0. The number of hydrogen-bond acceptors (Lipinski definition) is 3. The number of H-pyrrole nitrogens is 1. The molecule has 22 heavy (non-hydrogen) atoms. The number of carbonyl (C=O) groups excluding carboxylic acids is 2. The van der Waals surface area contributed by atoms with E-state index in [0.717, 1.165) is 6.20 Å². The maximum Gasteiger partial charge on any atom is 0.432 e. The maximum absolute atomic E-state index is 12.6. The summed E-state index contributed by atoms with van der Waals surface area (Å²) in [5.74, 6) is -0.569. The number of halogens is 3. The molecule has 1 fully saturated rings. The summed E-state index contributed by atoms with van der Waals surface area (Å²) >= 11 is 0. The van der Waals surface area contributed by atoms with Crippen LogP contribution in [0, 0.1) is 0 Å². The number of aromatic nitrogens is 2. The number of nitrogens with zero attached hydrogens (tertiary/aromatic N) is 2. The van der Waals surface area contributed by atoms with Crippen molar-refractivity contribution in [2.45, 2.75) is 31.9 Å². The summed E-state index contributed by atoms with van der Waals surface area (Å²) < 4.78 is 37.7. The second-order valence-electron chi connectivity index (χ2n) is 5.27. The molecule has 2 N–H and O–H groups in total. The molecule has 1 atom stereocenters. The molecule has 0 aromatic carbocycles. The van der Waals surface area contributed by atoms with Crippen LogP contribution in [0.15, 0.2) is 6.20 Å². The van der Waals surface area contributed by atoms with E-state index in [0.29, 0.717) is 25.9 Å². The number of rotatable bonds is 3. The monoisotopic (exact) mass is 318 g/mol. The van der Waals surface area contributed by atoms with Gasteiger partial charge in [-0.25, -0.2) is 4.98 Å². The van der Waals surface area contributed by atoms with Gasteiger partial charge in [0.25, 0.3) is 0 Å². The van der Waals surface area contributed by atoms with E-state index in [2.05, 4.69) is 15.3 Å². The number of aromatic amines is 1. The SMILES string of the molecule is CC(=O)NCC(=O)N1CCC[C@@H](c2ncc(C(F)(F)F)[nH]2)C1. The first-order valence-corrected chi connectivity index (χ1v) is 6.91. The lowest BCUT2D eigenvalue weighted by molar-refractivity contribution is -0.141. The molecule has 0 saturated carbocycles. The molecule has 2 heterocycles. The molecule has 1 aliphatic heterocycles. The molecule has 2 rings (SSSR count). The fourth-order valence-corrected chi connectivity index (χ4v) is 2.43. The molecular formula is C13H17F3N4O2. The Balaban J connectivity index is 2.00. The van der Waals surface area contributed by atoms with Crippen molar-refractivity contribution in [1.29, 1.82) is 0 Å². The van der Waals surface area contributed by atoms with Crippen LogP contribution in [0.5, 0.6) is 0 Å². The number of carbonyl (C=O) groups is 2. The predicted molar refractivity (Wildman–Crippen MR) is 70.8 cm³/mol. The van der Waals surface area contributed by atoms with E-state index in [1.54, 1.807) is 4.90 Å². The summed E-state index contributed by atoms with van der Waals surface area (Å²) in [6.45, 7) is 2.03. The third-order valence-electron chi connectivity index (χ3n) is 3.55. The molecule has 122 valence electrons. The second-order valence-corrected chi connectivity index (χ2v) is 5.27. The van der Waals surface area contributed by atoms with Gasteiger partial charge in [0.1, 0.15) is 11.5 Å². The fourth-order valence-electron chi connectivity index (χ4n) is 2.43. The Morgan fingerprint density at radius 3 is 2.82 bits per heavy atom. The van der Waals surface area contributed by atoms with Gasteiger partial charge in [0, 0.05) is 25.9 Å². The number of alkyl halides is 3. The molecule has 1 saturated heterocycles. The van der Waals surface area contributed by atoms with Gasteiger partial charge in [0.2, 0.25) is 11.8 Å². The highest BCUT2D eigenvalue weighted by molar-refractivity contribution is 5.83. The van der Waals surface area contributed by atoms with Gasteiger partial charge < -0.3 is 15.2 Å². The number of nitrogens with one attached hydrogen (secondary N) is 2. The van der Waals surface area contributed by atoms with Crippen molar-refractivity contribution < 1.29 is 22.8 Å². The normalized spacial score (nSPS) is 19.1. The predicted octanol–water partition coefficient (Wildman–Crippen LogP) is 1.27. The Hall–Kier alpha value is -2.06. The van der Waals surface area contributed by atoms with Crippen molar-refractivity contribution in [2.24, 2.45) is 0 Å². The smallest absolute Gasteiger partial charge is 0.347 e. The van der Waals surface area contributed by atoms with Crippen LogP contribution in [0.2, 0.25) is 0 Å². The average molecular weight is 318 g/mol. The van der Waals surface area contributed by atoms with E-state index in [9.17, 15) is 22.8 Å². The first-order valence-electron chi connectivity index (χ1n) is 6.91. The fraction of sp³-hybridized carbons (Fsp3) is 0.615. The molecular weight excluding hydrogens is 301 g/mol. The quantitative estimate of drug-likeness (QED) is 0.881. The molecule has 0 spiro atoms. The molecule has 1 aromatic heterocycles. The summed E-state index contributed by atoms with van der Waals surface area (Å²) in [4.78, 5) is 30.4. The first-order chi connectivity index (χ1) is 10.3. The topological polar surface area (TPSA) is 78.1 Å². The summed E-state index contributed by atoms with van der Waals surface area (Å²) in [6, 6.07) is 0. The Morgan fingerprint density at radius 1 is 1.50 bits per heavy atom. The van der Waals surface area contributed by atoms with Gasteiger partial charge in [-0.3, -0.25) is 9.59 Å². The van der Waals surface area contributed by atoms with Crippen molar-refractivity contribution >= 4 is 11.8 Å². The van der Waals surface area contributed by atoms with Gasteiger partial charge >= 0.3 is 6.18 Å². The zero-order valence-corrected chi connectivity index (χ0v) is 12.0. The number of amides is 2. The van der Waals surface area contributed by atoms with Gasteiger partial charge in [0.15, 0.2) is 0 Å². The van der Waals surface area contributed by atoms with Crippen LogP contribution in [0.3, 0.4) is 0 Å². The summed E-state index contributed by atoms with van der Waals surface area (Å²) in [5, 5.41) is 2.42. The van der Waals surface area contributed by atoms with E-state index >= 15 is 0 Å². The summed E-state index contributed by atoms with van der Waals surface area (Å²) in [6.07, 6.45) is -2.35. The third kappa shape index (κ3) is 3.99. The van der Waals surface area contributed by atoms with E-state index in [1.807, 2.05) is 0 Å². The van der Waals surface area contributed by atoms with E-state index in [-0.39, 0.29) is 30.1 Å². The zero-order valence-electron chi connectivity index (χ0n) is 12.0. The van der Waals surface area contributed by atoms with Crippen molar-refractivity contribution in [3.8, 4) is 0 Å². The van der Waals surface area contributed by atoms with Crippen molar-refractivity contribution in [3.05, 3.63) is 17.7 Å². The van der Waals surface area contributed by atoms with E-state index in [1.165, 1.54) is 6.92 Å². The highest BCUT2D eigenvalue weighted by Gasteiger charge is 2.34. The molecule has 0 radical (unpaired) electrons. The minimum atomic E-state index is -4.46. The van der Waals surface area contributed by atoms with Crippen LogP contribution in [-0.4, -0.2) is 46.3 Å². The zero-order chi connectivity index (χ0) is 16.3. The van der Waals surface area contributed by atoms with Crippen LogP contribution in [-0.2, 0) is 15.8 Å². The molecule has 2 amide bonds. The molecule has 9 heteroatoms. The van der Waals surface area contributed by atoms with Crippen LogP contribution in [0.1, 0.15) is 37.2 Å². The van der Waals surface area contributed by atoms with Crippen LogP contribution >= 0.6 is 0 Å². The van der Waals surface area contributed by atoms with Crippen molar-refractivity contribution in [3.63, 3.8) is 0 Å². The highest BCUT2D eigenvalue weighted by atomic mass is 19.4. The Labute approximate surface area is 125 Å². The molecule has 0 bridgehead atoms. The lowest BCUT2D eigenvalue weighted by atomic mass is 9.97. The molecule has 0 aliphatic carbocycles. The number of piperidine rings is 1. The molecule has 0 unspecified atom stereocenters. The standard InChI is InChI=1S/C13H17F3N4O2/c1-8(21)17-6-11(22)20-4-2-3-9(7-20)12-18-5-10(19-12)13(14,15)16/h5,9H,2-4,6-7H2,1H3,(H,17,21)(H,18,19)/t9-/m1/s1. The average Bonchev–Trinajstić information content (AvgIpc) is 2.94. The van der Waals surface area contributed by atoms with Gasteiger partial charge in [0.05, 0.1) is 12.7 Å². The number of imidazole rings is 1. The summed E-state index contributed by atoms with van der Waals surface area (Å²) in [5.41, 5.74) is -0.885. The Kier molecular flexibility index (Phi) is 4.72. The second kappa shape index (κ2) is 6.37. The number of likely N-dealkylation sites (tertiary alicyclic amines) is 1. The van der Waals surface area contributed by atoms with Gasteiger partial charge in [-0.1, -0.05) is 0 Å². The number of hydrogen-bond donors (Lipinski definition) is 2. The van der Waals surface area contributed by atoms with Gasteiger partial charge in [-0.15, -0.1) is 0 Å². The third-order valence-corrected chi connectivity index (χ3v) is 3.55. The van der Waals surface area contributed by atoms with Crippen LogP contribution in [0.4, 0.5) is 13.2 Å². The van der Waals surface area contributed by atoms with E-state index < -0.39 is 11.9 Å². The van der Waals surface area contributed by atoms with Gasteiger partial charge in [-0.2, -0.15) is 13.2 Å². The Morgan fingerprint density at radius 2 is 2.23 bits per heavy atom. The lowest BCUT2D eigenvalue weighted by Gasteiger charge is -2.32.